The van der Waals surface area contributed by atoms with Gasteiger partial charge in [-0.3, -0.25) is 0 Å². The molecule has 1 aliphatic rings. The highest BCUT2D eigenvalue weighted by Gasteiger charge is 2.35. The third-order valence-corrected chi connectivity index (χ3v) is 2.61. The van der Waals surface area contributed by atoms with E-state index in [0.717, 1.165) is 18.9 Å². The number of tetrazole rings is 1. The van der Waals surface area contributed by atoms with Gasteiger partial charge in [0.2, 0.25) is 0 Å². The summed E-state index contributed by atoms with van der Waals surface area (Å²) in [6.45, 7) is 5.37. The van der Waals surface area contributed by atoms with Gasteiger partial charge in [0.15, 0.2) is 5.82 Å². The molecular weight excluding hydrogens is 182 g/mol. The Balaban J connectivity index is 2.35. The molecule has 0 radical (unpaired) electrons. The zero-order chi connectivity index (χ0) is 10.2. The Kier molecular flexibility index (Phi) is 2.24. The summed E-state index contributed by atoms with van der Waals surface area (Å²) in [6, 6.07) is -0.151. The summed E-state index contributed by atoms with van der Waals surface area (Å²) in [7, 11) is 0. The van der Waals surface area contributed by atoms with Crippen LogP contribution in [0, 0.1) is 0 Å². The van der Waals surface area contributed by atoms with Crippen LogP contribution in [-0.4, -0.2) is 33.4 Å². The molecule has 14 heavy (non-hydrogen) atoms. The molecule has 6 nitrogen and oxygen atoms in total. The van der Waals surface area contributed by atoms with Gasteiger partial charge >= 0.3 is 0 Å². The molecule has 0 amide bonds. The van der Waals surface area contributed by atoms with E-state index < -0.39 is 0 Å². The molecule has 1 aromatic heterocycles. The van der Waals surface area contributed by atoms with E-state index in [9.17, 15) is 0 Å². The molecule has 2 heterocycles. The van der Waals surface area contributed by atoms with Crippen molar-refractivity contribution in [1.29, 1.82) is 0 Å². The van der Waals surface area contributed by atoms with Gasteiger partial charge in [-0.25, -0.2) is 4.68 Å². The van der Waals surface area contributed by atoms with Crippen LogP contribution < -0.4 is 5.73 Å². The monoisotopic (exact) mass is 197 g/mol. The number of hydrogen-bond donors (Lipinski definition) is 1. The van der Waals surface area contributed by atoms with Gasteiger partial charge in [-0.05, 0) is 30.7 Å². The first-order chi connectivity index (χ1) is 6.63. The lowest BCUT2D eigenvalue weighted by Gasteiger charge is -2.23. The van der Waals surface area contributed by atoms with Gasteiger partial charge < -0.3 is 10.5 Å². The Labute approximate surface area is 82.4 Å². The van der Waals surface area contributed by atoms with Crippen molar-refractivity contribution < 1.29 is 4.74 Å². The molecule has 0 saturated carbocycles. The number of rotatable bonds is 2. The predicted molar refractivity (Wildman–Crippen MR) is 49.5 cm³/mol. The summed E-state index contributed by atoms with van der Waals surface area (Å²) in [4.78, 5) is 0. The van der Waals surface area contributed by atoms with Crippen LogP contribution in [0.4, 0.5) is 0 Å². The quantitative estimate of drug-likeness (QED) is 0.712. The highest BCUT2D eigenvalue weighted by atomic mass is 16.5. The minimum atomic E-state index is -0.151. The van der Waals surface area contributed by atoms with Crippen molar-refractivity contribution >= 4 is 0 Å². The lowest BCUT2D eigenvalue weighted by atomic mass is 10.0. The topological polar surface area (TPSA) is 78.9 Å². The molecule has 78 valence electrons. The van der Waals surface area contributed by atoms with Gasteiger partial charge in [0, 0.05) is 6.61 Å². The molecule has 2 atom stereocenters. The normalized spacial score (nSPS) is 29.4. The molecule has 1 fully saturated rings. The fraction of sp³-hybridized carbons (Fsp3) is 0.875. The van der Waals surface area contributed by atoms with E-state index >= 15 is 0 Å². The summed E-state index contributed by atoms with van der Waals surface area (Å²) in [5.41, 5.74) is 5.65. The number of hydrogen-bond acceptors (Lipinski definition) is 5. The highest BCUT2D eigenvalue weighted by Crippen LogP contribution is 2.27. The molecule has 0 bridgehead atoms. The molecule has 0 aliphatic carbocycles. The minimum absolute atomic E-state index is 0.132. The van der Waals surface area contributed by atoms with Gasteiger partial charge in [-0.15, -0.1) is 5.10 Å². The van der Waals surface area contributed by atoms with Crippen LogP contribution in [-0.2, 0) is 10.3 Å². The maximum atomic E-state index is 5.78. The highest BCUT2D eigenvalue weighted by molar-refractivity contribution is 4.96. The average molecular weight is 197 g/mol. The molecule has 2 rings (SSSR count). The summed E-state index contributed by atoms with van der Waals surface area (Å²) >= 11 is 0. The van der Waals surface area contributed by atoms with Crippen molar-refractivity contribution in [2.75, 3.05) is 13.2 Å². The van der Waals surface area contributed by atoms with Gasteiger partial charge in [0.05, 0.1) is 18.2 Å². The van der Waals surface area contributed by atoms with Crippen molar-refractivity contribution in [3.8, 4) is 0 Å². The SMILES string of the molecule is CC(N)c1nnnn1C1(C)CCOC1. The lowest BCUT2D eigenvalue weighted by Crippen LogP contribution is -2.34. The van der Waals surface area contributed by atoms with Gasteiger partial charge in [0.25, 0.3) is 0 Å². The number of aromatic nitrogens is 4. The smallest absolute Gasteiger partial charge is 0.168 e. The molecule has 0 spiro atoms. The standard InChI is InChI=1S/C8H15N5O/c1-6(9)7-10-11-12-13(7)8(2)3-4-14-5-8/h6H,3-5,9H2,1-2H3. The zero-order valence-corrected chi connectivity index (χ0v) is 8.47. The van der Waals surface area contributed by atoms with Crippen LogP contribution in [0.3, 0.4) is 0 Å². The van der Waals surface area contributed by atoms with Gasteiger partial charge in [-0.2, -0.15) is 0 Å². The summed E-state index contributed by atoms with van der Waals surface area (Å²) in [5, 5.41) is 11.6. The van der Waals surface area contributed by atoms with Crippen LogP contribution >= 0.6 is 0 Å². The number of nitrogens with two attached hydrogens (primary N) is 1. The molecule has 6 heteroatoms. The minimum Gasteiger partial charge on any atom is -0.379 e. The van der Waals surface area contributed by atoms with E-state index in [1.165, 1.54) is 0 Å². The molecule has 1 aromatic rings. The summed E-state index contributed by atoms with van der Waals surface area (Å²) < 4.78 is 7.16. The van der Waals surface area contributed by atoms with E-state index in [1.54, 1.807) is 4.68 Å². The number of nitrogens with zero attached hydrogens (tertiary/aromatic N) is 4. The summed E-state index contributed by atoms with van der Waals surface area (Å²) in [6.07, 6.45) is 0.928. The van der Waals surface area contributed by atoms with Crippen molar-refractivity contribution in [3.05, 3.63) is 5.82 Å². The first kappa shape index (κ1) is 9.54. The Morgan fingerprint density at radius 1 is 1.64 bits per heavy atom. The van der Waals surface area contributed by atoms with Gasteiger partial charge in [0.1, 0.15) is 0 Å². The molecule has 2 unspecified atom stereocenters. The third kappa shape index (κ3) is 1.40. The largest absolute Gasteiger partial charge is 0.379 e. The Hall–Kier alpha value is -1.01. The molecule has 1 aliphatic heterocycles. The van der Waals surface area contributed by atoms with Crippen LogP contribution in [0.1, 0.15) is 32.1 Å². The second-order valence-electron chi connectivity index (χ2n) is 4.04. The molecule has 1 saturated heterocycles. The Morgan fingerprint density at radius 3 is 3.00 bits per heavy atom. The first-order valence-electron chi connectivity index (χ1n) is 4.75. The van der Waals surface area contributed by atoms with Crippen LogP contribution in [0.2, 0.25) is 0 Å². The van der Waals surface area contributed by atoms with E-state index in [2.05, 4.69) is 22.4 Å². The predicted octanol–water partition coefficient (Wildman–Crippen LogP) is -0.172. The fourth-order valence-electron chi connectivity index (χ4n) is 1.69. The maximum absolute atomic E-state index is 5.78. The van der Waals surface area contributed by atoms with E-state index in [-0.39, 0.29) is 11.6 Å². The second-order valence-corrected chi connectivity index (χ2v) is 4.04. The molecular formula is C8H15N5O. The molecule has 2 N–H and O–H groups in total. The third-order valence-electron chi connectivity index (χ3n) is 2.61. The zero-order valence-electron chi connectivity index (χ0n) is 8.47. The van der Waals surface area contributed by atoms with E-state index in [4.69, 9.17) is 10.5 Å². The van der Waals surface area contributed by atoms with Crippen LogP contribution in [0.25, 0.3) is 0 Å². The summed E-state index contributed by atoms with van der Waals surface area (Å²) in [5.74, 6) is 0.720. The second kappa shape index (κ2) is 3.29. The average Bonchev–Trinajstić information content (AvgIpc) is 2.71. The van der Waals surface area contributed by atoms with Gasteiger partial charge in [-0.1, -0.05) is 0 Å². The molecule has 0 aromatic carbocycles. The maximum Gasteiger partial charge on any atom is 0.168 e. The lowest BCUT2D eigenvalue weighted by molar-refractivity contribution is 0.152. The Bertz CT molecular complexity index is 315. The van der Waals surface area contributed by atoms with Crippen molar-refractivity contribution in [2.24, 2.45) is 5.73 Å². The van der Waals surface area contributed by atoms with Crippen molar-refractivity contribution in [3.63, 3.8) is 0 Å². The fourth-order valence-corrected chi connectivity index (χ4v) is 1.69. The van der Waals surface area contributed by atoms with E-state index in [1.807, 2.05) is 6.92 Å². The first-order valence-corrected chi connectivity index (χ1v) is 4.75. The Morgan fingerprint density at radius 2 is 2.43 bits per heavy atom. The van der Waals surface area contributed by atoms with Crippen molar-refractivity contribution in [2.45, 2.75) is 31.8 Å². The van der Waals surface area contributed by atoms with Crippen LogP contribution in [0.15, 0.2) is 0 Å². The van der Waals surface area contributed by atoms with Crippen LogP contribution in [0.5, 0.6) is 0 Å². The number of ether oxygens (including phenoxy) is 1. The van der Waals surface area contributed by atoms with E-state index in [0.29, 0.717) is 6.61 Å². The van der Waals surface area contributed by atoms with Crippen molar-refractivity contribution in [1.82, 2.24) is 20.2 Å².